The lowest BCUT2D eigenvalue weighted by atomic mass is 10.2. The predicted octanol–water partition coefficient (Wildman–Crippen LogP) is 4.21. The van der Waals surface area contributed by atoms with Crippen LogP contribution in [0.5, 0.6) is 5.75 Å². The van der Waals surface area contributed by atoms with Crippen molar-refractivity contribution in [3.05, 3.63) is 31.5 Å². The molecule has 25 heavy (non-hydrogen) atoms. The molecule has 0 aliphatic carbocycles. The van der Waals surface area contributed by atoms with Crippen molar-refractivity contribution in [2.24, 2.45) is 0 Å². The van der Waals surface area contributed by atoms with Gasteiger partial charge < -0.3 is 9.47 Å². The van der Waals surface area contributed by atoms with Gasteiger partial charge in [0, 0.05) is 6.54 Å². The molecule has 1 fully saturated rings. The first-order valence-corrected chi connectivity index (χ1v) is 9.71. The average molecular weight is 493 g/mol. The molecule has 0 aromatic heterocycles. The zero-order valence-electron chi connectivity index (χ0n) is 13.5. The number of carbonyl (C=O) groups excluding carboxylic acids is 3. The zero-order chi connectivity index (χ0) is 18.6. The fraction of sp³-hybridized carbons (Fsp3) is 0.312. The van der Waals surface area contributed by atoms with Gasteiger partial charge in [0.2, 0.25) is 0 Å². The molecule has 0 saturated carbocycles. The summed E-state index contributed by atoms with van der Waals surface area (Å²) in [6.07, 6.45) is 2.37. The van der Waals surface area contributed by atoms with Crippen LogP contribution >= 0.6 is 43.6 Å². The van der Waals surface area contributed by atoms with Crippen molar-refractivity contribution in [2.75, 3.05) is 20.3 Å². The van der Waals surface area contributed by atoms with Crippen molar-refractivity contribution in [3.8, 4) is 5.75 Å². The van der Waals surface area contributed by atoms with Crippen molar-refractivity contribution >= 4 is 66.8 Å². The summed E-state index contributed by atoms with van der Waals surface area (Å²) < 4.78 is 11.1. The molecule has 1 aromatic carbocycles. The molecule has 0 N–H and O–H groups in total. The number of amides is 2. The largest absolute Gasteiger partial charge is 0.480 e. The topological polar surface area (TPSA) is 72.9 Å². The van der Waals surface area contributed by atoms with Crippen LogP contribution in [0.2, 0.25) is 0 Å². The molecule has 1 aliphatic rings. The maximum absolute atomic E-state index is 12.3. The van der Waals surface area contributed by atoms with Crippen molar-refractivity contribution in [2.45, 2.75) is 13.3 Å². The summed E-state index contributed by atoms with van der Waals surface area (Å²) in [6, 6.07) is 3.48. The maximum Gasteiger partial charge on any atom is 0.343 e. The highest BCUT2D eigenvalue weighted by Crippen LogP contribution is 2.37. The number of halogens is 2. The second-order valence-corrected chi connectivity index (χ2v) is 7.71. The molecule has 9 heteroatoms. The van der Waals surface area contributed by atoms with Gasteiger partial charge in [-0.3, -0.25) is 14.5 Å². The van der Waals surface area contributed by atoms with Crippen LogP contribution in [0, 0.1) is 0 Å². The van der Waals surface area contributed by atoms with E-state index in [1.54, 1.807) is 18.2 Å². The molecule has 1 aliphatic heterocycles. The number of hydrogen-bond donors (Lipinski definition) is 0. The summed E-state index contributed by atoms with van der Waals surface area (Å²) >= 11 is 7.68. The van der Waals surface area contributed by atoms with Gasteiger partial charge in [0.25, 0.3) is 11.1 Å². The molecular weight excluding hydrogens is 478 g/mol. The van der Waals surface area contributed by atoms with E-state index in [9.17, 15) is 14.4 Å². The van der Waals surface area contributed by atoms with E-state index >= 15 is 0 Å². The van der Waals surface area contributed by atoms with Crippen molar-refractivity contribution in [1.29, 1.82) is 0 Å². The molecule has 0 radical (unpaired) electrons. The molecule has 134 valence electrons. The Morgan fingerprint density at radius 3 is 2.48 bits per heavy atom. The van der Waals surface area contributed by atoms with Gasteiger partial charge in [-0.15, -0.1) is 0 Å². The Morgan fingerprint density at radius 1 is 1.28 bits per heavy atom. The van der Waals surface area contributed by atoms with E-state index in [4.69, 9.17) is 4.74 Å². The number of nitrogens with zero attached hydrogens (tertiary/aromatic N) is 1. The van der Waals surface area contributed by atoms with Crippen molar-refractivity contribution in [3.63, 3.8) is 0 Å². The highest BCUT2D eigenvalue weighted by Gasteiger charge is 2.34. The van der Waals surface area contributed by atoms with Crippen molar-refractivity contribution in [1.82, 2.24) is 4.90 Å². The number of hydrogen-bond acceptors (Lipinski definition) is 6. The Kier molecular flexibility index (Phi) is 7.09. The number of methoxy groups -OCH3 is 1. The minimum Gasteiger partial charge on any atom is -0.480 e. The van der Waals surface area contributed by atoms with Crippen LogP contribution in [0.3, 0.4) is 0 Å². The molecule has 1 aromatic rings. The van der Waals surface area contributed by atoms with Crippen LogP contribution in [0.4, 0.5) is 4.79 Å². The monoisotopic (exact) mass is 491 g/mol. The van der Waals surface area contributed by atoms with Crippen molar-refractivity contribution < 1.29 is 23.9 Å². The molecule has 2 rings (SSSR count). The minimum absolute atomic E-state index is 0.219. The van der Waals surface area contributed by atoms with Gasteiger partial charge >= 0.3 is 5.97 Å². The number of ether oxygens (including phenoxy) is 2. The number of benzene rings is 1. The Balaban J connectivity index is 2.22. The summed E-state index contributed by atoms with van der Waals surface area (Å²) in [6.45, 7) is 2.10. The van der Waals surface area contributed by atoms with E-state index in [2.05, 4.69) is 36.6 Å². The third-order valence-corrected chi connectivity index (χ3v) is 5.29. The lowest BCUT2D eigenvalue weighted by molar-refractivity contribution is -0.143. The standard InChI is InChI=1S/C16H15Br2NO5S/c1-3-4-19-15(21)12(25-16(19)22)7-9-5-10(17)14(11(18)6-9)24-8-13(20)23-2/h5-7H,3-4,8H2,1-2H3/b12-7+. The zero-order valence-corrected chi connectivity index (χ0v) is 17.5. The summed E-state index contributed by atoms with van der Waals surface area (Å²) in [4.78, 5) is 37.0. The molecule has 0 spiro atoms. The first-order chi connectivity index (χ1) is 11.9. The number of thioether (sulfide) groups is 1. The number of rotatable bonds is 6. The molecule has 0 unspecified atom stereocenters. The van der Waals surface area contributed by atoms with E-state index < -0.39 is 5.97 Å². The lowest BCUT2D eigenvalue weighted by Gasteiger charge is -2.11. The van der Waals surface area contributed by atoms with Gasteiger partial charge in [0.05, 0.1) is 21.0 Å². The number of imide groups is 1. The second kappa shape index (κ2) is 8.86. The maximum atomic E-state index is 12.3. The van der Waals surface area contributed by atoms with Gasteiger partial charge in [-0.05, 0) is 73.8 Å². The third kappa shape index (κ3) is 4.86. The summed E-state index contributed by atoms with van der Waals surface area (Å²) in [5.74, 6) is -0.329. The average Bonchev–Trinajstić information content (AvgIpc) is 2.81. The Hall–Kier alpha value is -1.32. The first-order valence-electron chi connectivity index (χ1n) is 7.31. The molecular formula is C16H15Br2NO5S. The number of carbonyl (C=O) groups is 3. The van der Waals surface area contributed by atoms with Gasteiger partial charge in [-0.2, -0.15) is 0 Å². The molecule has 0 atom stereocenters. The van der Waals surface area contributed by atoms with Crippen LogP contribution in [0.15, 0.2) is 26.0 Å². The minimum atomic E-state index is -0.493. The fourth-order valence-electron chi connectivity index (χ4n) is 2.06. The molecule has 6 nitrogen and oxygen atoms in total. The quantitative estimate of drug-likeness (QED) is 0.437. The third-order valence-electron chi connectivity index (χ3n) is 3.20. The SMILES string of the molecule is CCCN1C(=O)S/C(=C/c2cc(Br)c(OCC(=O)OC)c(Br)c2)C1=O. The van der Waals surface area contributed by atoms with E-state index in [0.29, 0.717) is 38.1 Å². The van der Waals surface area contributed by atoms with Gasteiger partial charge in [0.15, 0.2) is 6.61 Å². The molecule has 0 bridgehead atoms. The van der Waals surface area contributed by atoms with Gasteiger partial charge in [-0.1, -0.05) is 6.92 Å². The summed E-state index contributed by atoms with van der Waals surface area (Å²) in [5, 5.41) is -0.255. The van der Waals surface area contributed by atoms with E-state index in [1.165, 1.54) is 12.0 Å². The first kappa shape index (κ1) is 20.0. The Morgan fingerprint density at radius 2 is 1.92 bits per heavy atom. The Labute approximate surface area is 166 Å². The molecule has 1 heterocycles. The van der Waals surface area contributed by atoms with Crippen LogP contribution < -0.4 is 4.74 Å². The van der Waals surface area contributed by atoms with E-state index in [-0.39, 0.29) is 17.8 Å². The Bertz CT molecular complexity index is 727. The lowest BCUT2D eigenvalue weighted by Crippen LogP contribution is -2.28. The smallest absolute Gasteiger partial charge is 0.343 e. The van der Waals surface area contributed by atoms with Gasteiger partial charge in [-0.25, -0.2) is 4.79 Å². The normalized spacial score (nSPS) is 15.8. The van der Waals surface area contributed by atoms with Crippen LogP contribution in [0.25, 0.3) is 6.08 Å². The van der Waals surface area contributed by atoms with E-state index in [0.717, 1.165) is 11.8 Å². The fourth-order valence-corrected chi connectivity index (χ4v) is 4.37. The molecule has 2 amide bonds. The number of esters is 1. The highest BCUT2D eigenvalue weighted by atomic mass is 79.9. The predicted molar refractivity (Wildman–Crippen MR) is 102 cm³/mol. The van der Waals surface area contributed by atoms with Crippen LogP contribution in [-0.2, 0) is 14.3 Å². The second-order valence-electron chi connectivity index (χ2n) is 5.01. The summed E-state index contributed by atoms with van der Waals surface area (Å²) in [5.41, 5.74) is 0.714. The van der Waals surface area contributed by atoms with Gasteiger partial charge in [0.1, 0.15) is 5.75 Å². The molecule has 1 saturated heterocycles. The van der Waals surface area contributed by atoms with Crippen LogP contribution in [-0.4, -0.2) is 42.3 Å². The highest BCUT2D eigenvalue weighted by molar-refractivity contribution is 9.11. The van der Waals surface area contributed by atoms with Crippen LogP contribution in [0.1, 0.15) is 18.9 Å². The van der Waals surface area contributed by atoms with E-state index in [1.807, 2.05) is 6.92 Å². The summed E-state index contributed by atoms with van der Waals surface area (Å²) in [7, 11) is 1.28.